The number of carbonyl (C=O) groups is 2. The van der Waals surface area contributed by atoms with E-state index in [4.69, 9.17) is 4.42 Å². The average Bonchev–Trinajstić information content (AvgIpc) is 3.27. The molecule has 0 spiro atoms. The van der Waals surface area contributed by atoms with Crippen LogP contribution in [-0.4, -0.2) is 22.4 Å². The van der Waals surface area contributed by atoms with Gasteiger partial charge in [-0.25, -0.2) is 5.43 Å². The lowest BCUT2D eigenvalue weighted by molar-refractivity contribution is -0.384. The molecule has 0 unspecified atom stereocenters. The zero-order valence-electron chi connectivity index (χ0n) is 15.3. The Bertz CT molecular complexity index is 1070. The lowest BCUT2D eigenvalue weighted by Crippen LogP contribution is -2.19. The van der Waals surface area contributed by atoms with E-state index in [1.54, 1.807) is 43.3 Å². The summed E-state index contributed by atoms with van der Waals surface area (Å²) in [6, 6.07) is 15.4. The van der Waals surface area contributed by atoms with Crippen molar-refractivity contribution in [1.82, 2.24) is 5.43 Å². The molecule has 0 aliphatic heterocycles. The molecule has 0 aliphatic rings. The number of amides is 2. The molecule has 0 saturated carbocycles. The summed E-state index contributed by atoms with van der Waals surface area (Å²) < 4.78 is 5.03. The molecule has 0 aliphatic carbocycles. The molecule has 3 rings (SSSR count). The lowest BCUT2D eigenvalue weighted by Gasteiger charge is -2.06. The third kappa shape index (κ3) is 4.92. The molecule has 2 amide bonds. The van der Waals surface area contributed by atoms with Crippen molar-refractivity contribution in [3.8, 4) is 0 Å². The van der Waals surface area contributed by atoms with Crippen molar-refractivity contribution in [1.29, 1.82) is 0 Å². The van der Waals surface area contributed by atoms with Crippen LogP contribution in [0.1, 0.15) is 33.4 Å². The molecular formula is C20H16N4O5. The van der Waals surface area contributed by atoms with Gasteiger partial charge >= 0.3 is 0 Å². The quantitative estimate of drug-likeness (QED) is 0.376. The van der Waals surface area contributed by atoms with E-state index in [9.17, 15) is 19.7 Å². The van der Waals surface area contributed by atoms with E-state index in [-0.39, 0.29) is 22.9 Å². The van der Waals surface area contributed by atoms with Gasteiger partial charge in [0.1, 0.15) is 0 Å². The van der Waals surface area contributed by atoms with E-state index < -0.39 is 10.8 Å². The molecule has 0 saturated heterocycles. The second kappa shape index (κ2) is 8.61. The smallest absolute Gasteiger partial charge is 0.291 e. The molecule has 0 fully saturated rings. The molecule has 2 aromatic carbocycles. The summed E-state index contributed by atoms with van der Waals surface area (Å²) >= 11 is 0. The van der Waals surface area contributed by atoms with Gasteiger partial charge < -0.3 is 9.73 Å². The molecule has 0 bridgehead atoms. The standard InChI is InChI=1S/C20H16N4O5/c1-13(22-23-19(25)15-4-2-5-17(12-15)24(27)28)14-7-9-16(10-8-14)21-20(26)18-6-3-11-29-18/h2-12H,1H3,(H,21,26)(H,23,25)/b22-13+. The topological polar surface area (TPSA) is 127 Å². The summed E-state index contributed by atoms with van der Waals surface area (Å²) in [6.45, 7) is 1.70. The third-order valence-corrected chi connectivity index (χ3v) is 3.95. The highest BCUT2D eigenvalue weighted by Gasteiger charge is 2.11. The molecule has 3 aromatic rings. The van der Waals surface area contributed by atoms with Crippen LogP contribution in [0.2, 0.25) is 0 Å². The fourth-order valence-corrected chi connectivity index (χ4v) is 2.42. The van der Waals surface area contributed by atoms with Crippen molar-refractivity contribution in [3.05, 3.63) is 93.9 Å². The van der Waals surface area contributed by atoms with E-state index in [0.29, 0.717) is 11.4 Å². The number of carbonyl (C=O) groups excluding carboxylic acids is 2. The molecule has 0 atom stereocenters. The van der Waals surface area contributed by atoms with Crippen molar-refractivity contribution < 1.29 is 18.9 Å². The van der Waals surface area contributed by atoms with E-state index in [1.165, 1.54) is 30.5 Å². The summed E-state index contributed by atoms with van der Waals surface area (Å²) in [6.07, 6.45) is 1.42. The fourth-order valence-electron chi connectivity index (χ4n) is 2.42. The maximum Gasteiger partial charge on any atom is 0.291 e. The second-order valence-corrected chi connectivity index (χ2v) is 5.95. The second-order valence-electron chi connectivity index (χ2n) is 5.95. The van der Waals surface area contributed by atoms with Gasteiger partial charge in [-0.1, -0.05) is 18.2 Å². The number of hydrazone groups is 1. The largest absolute Gasteiger partial charge is 0.459 e. The maximum absolute atomic E-state index is 12.1. The number of nitro benzene ring substituents is 1. The van der Waals surface area contributed by atoms with Gasteiger partial charge in [0.25, 0.3) is 17.5 Å². The summed E-state index contributed by atoms with van der Waals surface area (Å²) in [4.78, 5) is 34.3. The average molecular weight is 392 g/mol. The fraction of sp³-hybridized carbons (Fsp3) is 0.0500. The highest BCUT2D eigenvalue weighted by molar-refractivity contribution is 6.03. The van der Waals surface area contributed by atoms with Crippen LogP contribution in [0.15, 0.2) is 76.4 Å². The number of benzene rings is 2. The summed E-state index contributed by atoms with van der Waals surface area (Å²) in [5, 5.41) is 17.5. The van der Waals surface area contributed by atoms with Gasteiger partial charge in [0.2, 0.25) is 0 Å². The van der Waals surface area contributed by atoms with Gasteiger partial charge in [-0.05, 0) is 42.8 Å². The molecule has 146 valence electrons. The Balaban J connectivity index is 1.63. The number of nitrogens with one attached hydrogen (secondary N) is 2. The zero-order valence-corrected chi connectivity index (χ0v) is 15.3. The number of nitrogens with zero attached hydrogens (tertiary/aromatic N) is 2. The first-order valence-corrected chi connectivity index (χ1v) is 8.48. The van der Waals surface area contributed by atoms with Crippen LogP contribution in [0.3, 0.4) is 0 Å². The van der Waals surface area contributed by atoms with Crippen molar-refractivity contribution in [2.45, 2.75) is 6.92 Å². The van der Waals surface area contributed by atoms with Crippen LogP contribution in [0.4, 0.5) is 11.4 Å². The Labute approximate surface area is 165 Å². The minimum atomic E-state index is -0.572. The first-order valence-electron chi connectivity index (χ1n) is 8.48. The molecule has 1 aromatic heterocycles. The van der Waals surface area contributed by atoms with Crippen LogP contribution in [0.25, 0.3) is 0 Å². The Hall–Kier alpha value is -4.27. The maximum atomic E-state index is 12.1. The minimum Gasteiger partial charge on any atom is -0.459 e. The molecule has 9 heteroatoms. The lowest BCUT2D eigenvalue weighted by atomic mass is 10.1. The Morgan fingerprint density at radius 1 is 1.00 bits per heavy atom. The summed E-state index contributed by atoms with van der Waals surface area (Å²) in [7, 11) is 0. The highest BCUT2D eigenvalue weighted by Crippen LogP contribution is 2.14. The predicted octanol–water partition coefficient (Wildman–Crippen LogP) is 3.59. The number of non-ortho nitro benzene ring substituents is 1. The van der Waals surface area contributed by atoms with Crippen molar-refractivity contribution in [2.75, 3.05) is 5.32 Å². The molecule has 1 heterocycles. The first kappa shape index (κ1) is 19.5. The van der Waals surface area contributed by atoms with E-state index in [2.05, 4.69) is 15.8 Å². The van der Waals surface area contributed by atoms with Crippen LogP contribution in [-0.2, 0) is 0 Å². The Kier molecular flexibility index (Phi) is 5.79. The molecule has 0 radical (unpaired) electrons. The normalized spacial score (nSPS) is 11.0. The van der Waals surface area contributed by atoms with E-state index in [0.717, 1.165) is 5.56 Å². The van der Waals surface area contributed by atoms with Crippen molar-refractivity contribution in [3.63, 3.8) is 0 Å². The molecule has 29 heavy (non-hydrogen) atoms. The van der Waals surface area contributed by atoms with Gasteiger partial charge in [0.15, 0.2) is 5.76 Å². The van der Waals surface area contributed by atoms with E-state index in [1.807, 2.05) is 0 Å². The van der Waals surface area contributed by atoms with Crippen LogP contribution in [0, 0.1) is 10.1 Å². The molecular weight excluding hydrogens is 376 g/mol. The van der Waals surface area contributed by atoms with Gasteiger partial charge in [-0.3, -0.25) is 19.7 Å². The van der Waals surface area contributed by atoms with Crippen molar-refractivity contribution >= 4 is 28.9 Å². The van der Waals surface area contributed by atoms with Gasteiger partial charge in [-0.15, -0.1) is 0 Å². The number of furan rings is 1. The predicted molar refractivity (Wildman–Crippen MR) is 106 cm³/mol. The number of nitro groups is 1. The van der Waals surface area contributed by atoms with E-state index >= 15 is 0 Å². The minimum absolute atomic E-state index is 0.131. The Morgan fingerprint density at radius 2 is 1.76 bits per heavy atom. The van der Waals surface area contributed by atoms with Gasteiger partial charge in [0.05, 0.1) is 16.9 Å². The van der Waals surface area contributed by atoms with Crippen molar-refractivity contribution in [2.24, 2.45) is 5.10 Å². The third-order valence-electron chi connectivity index (χ3n) is 3.95. The van der Waals surface area contributed by atoms with Crippen LogP contribution >= 0.6 is 0 Å². The highest BCUT2D eigenvalue weighted by atomic mass is 16.6. The first-order chi connectivity index (χ1) is 13.9. The van der Waals surface area contributed by atoms with Crippen LogP contribution < -0.4 is 10.7 Å². The molecule has 9 nitrogen and oxygen atoms in total. The SMILES string of the molecule is C/C(=N\NC(=O)c1cccc([N+](=O)[O-])c1)c1ccc(NC(=O)c2ccco2)cc1. The summed E-state index contributed by atoms with van der Waals surface area (Å²) in [5.74, 6) is -0.719. The number of hydrogen-bond acceptors (Lipinski definition) is 6. The number of anilines is 1. The van der Waals surface area contributed by atoms with Gasteiger partial charge in [0, 0.05) is 23.4 Å². The monoisotopic (exact) mass is 392 g/mol. The number of rotatable bonds is 6. The van der Waals surface area contributed by atoms with Gasteiger partial charge in [-0.2, -0.15) is 5.10 Å². The summed E-state index contributed by atoms with van der Waals surface area (Å²) in [5.41, 5.74) is 4.15. The number of hydrogen-bond donors (Lipinski definition) is 2. The zero-order chi connectivity index (χ0) is 20.8. The van der Waals surface area contributed by atoms with Crippen LogP contribution in [0.5, 0.6) is 0 Å². The Morgan fingerprint density at radius 3 is 2.41 bits per heavy atom. The molecule has 2 N–H and O–H groups in total.